The van der Waals surface area contributed by atoms with Crippen LogP contribution < -0.4 is 0 Å². The molecular formula is C8H7F9. The normalized spacial score (nSPS) is 29.3. The molecule has 1 rings (SSSR count). The first-order valence-electron chi connectivity index (χ1n) is 4.47. The van der Waals surface area contributed by atoms with E-state index in [2.05, 4.69) is 0 Å². The Labute approximate surface area is 89.8 Å². The number of hydrogen-bond donors (Lipinski definition) is 0. The second kappa shape index (κ2) is 3.23. The summed E-state index contributed by atoms with van der Waals surface area (Å²) in [6.07, 6.45) is -20.7. The summed E-state index contributed by atoms with van der Waals surface area (Å²) < 4.78 is 112. The Balaban J connectivity index is 3.36. The van der Waals surface area contributed by atoms with Crippen LogP contribution in [-0.4, -0.2) is 18.5 Å². The predicted molar refractivity (Wildman–Crippen MR) is 37.9 cm³/mol. The van der Waals surface area contributed by atoms with E-state index in [1.54, 1.807) is 0 Å². The predicted octanol–water partition coefficient (Wildman–Crippen LogP) is 4.46. The molecule has 1 atom stereocenters. The molecule has 0 saturated heterocycles. The van der Waals surface area contributed by atoms with E-state index in [-0.39, 0.29) is 0 Å². The molecule has 0 radical (unpaired) electrons. The van der Waals surface area contributed by atoms with Crippen LogP contribution in [0.25, 0.3) is 0 Å². The highest BCUT2D eigenvalue weighted by molar-refractivity contribution is 5.23. The van der Waals surface area contributed by atoms with Crippen molar-refractivity contribution >= 4 is 0 Å². The first-order chi connectivity index (χ1) is 7.27. The van der Waals surface area contributed by atoms with E-state index in [0.717, 1.165) is 0 Å². The van der Waals surface area contributed by atoms with Crippen molar-refractivity contribution < 1.29 is 39.5 Å². The lowest BCUT2D eigenvalue weighted by molar-refractivity contribution is -0.337. The Morgan fingerprint density at radius 2 is 1.12 bits per heavy atom. The van der Waals surface area contributed by atoms with Crippen LogP contribution in [0.4, 0.5) is 39.5 Å². The van der Waals surface area contributed by atoms with Gasteiger partial charge in [-0.2, -0.15) is 39.5 Å². The first kappa shape index (κ1) is 14.4. The molecule has 1 saturated carbocycles. The van der Waals surface area contributed by atoms with Gasteiger partial charge in [0.05, 0.1) is 5.41 Å². The van der Waals surface area contributed by atoms with Crippen LogP contribution in [-0.2, 0) is 0 Å². The van der Waals surface area contributed by atoms with Gasteiger partial charge in [0.25, 0.3) is 0 Å². The van der Waals surface area contributed by atoms with Gasteiger partial charge in [-0.3, -0.25) is 0 Å². The molecule has 1 unspecified atom stereocenters. The quantitative estimate of drug-likeness (QED) is 0.619. The Morgan fingerprint density at radius 1 is 0.765 bits per heavy atom. The summed E-state index contributed by atoms with van der Waals surface area (Å²) in [6, 6.07) is 0. The molecule has 102 valence electrons. The minimum atomic E-state index is -5.96. The van der Waals surface area contributed by atoms with Crippen LogP contribution in [0.2, 0.25) is 0 Å². The molecule has 0 bridgehead atoms. The van der Waals surface area contributed by atoms with E-state index in [0.29, 0.717) is 6.92 Å². The SMILES string of the molecule is CCC1(C(F)(F)F)CC1(C(F)(F)F)C(F)(F)F. The van der Waals surface area contributed by atoms with Crippen LogP contribution in [0, 0.1) is 10.8 Å². The zero-order valence-corrected chi connectivity index (χ0v) is 8.32. The smallest absolute Gasteiger partial charge is 0.170 e. The summed E-state index contributed by atoms with van der Waals surface area (Å²) in [6.45, 7) is 0.673. The monoisotopic (exact) mass is 274 g/mol. The average molecular weight is 274 g/mol. The molecule has 0 aromatic heterocycles. The van der Waals surface area contributed by atoms with E-state index >= 15 is 0 Å². The van der Waals surface area contributed by atoms with Crippen LogP contribution >= 0.6 is 0 Å². The second-order valence-electron chi connectivity index (χ2n) is 4.01. The lowest BCUT2D eigenvalue weighted by Gasteiger charge is -2.30. The molecular weight excluding hydrogens is 267 g/mol. The van der Waals surface area contributed by atoms with E-state index in [1.165, 1.54) is 0 Å². The summed E-state index contributed by atoms with van der Waals surface area (Å²) in [5.41, 5.74) is -8.39. The van der Waals surface area contributed by atoms with Gasteiger partial charge in [0.2, 0.25) is 0 Å². The summed E-state index contributed by atoms with van der Waals surface area (Å²) in [7, 11) is 0. The van der Waals surface area contributed by atoms with Crippen LogP contribution in [0.1, 0.15) is 19.8 Å². The van der Waals surface area contributed by atoms with E-state index < -0.39 is 42.2 Å². The molecule has 9 heteroatoms. The fourth-order valence-corrected chi connectivity index (χ4v) is 2.28. The lowest BCUT2D eigenvalue weighted by Crippen LogP contribution is -2.47. The van der Waals surface area contributed by atoms with Gasteiger partial charge in [-0.15, -0.1) is 0 Å². The highest BCUT2D eigenvalue weighted by Gasteiger charge is 2.96. The van der Waals surface area contributed by atoms with Crippen molar-refractivity contribution in [1.82, 2.24) is 0 Å². The average Bonchev–Trinajstić information content (AvgIpc) is 2.70. The van der Waals surface area contributed by atoms with Gasteiger partial charge in [-0.05, 0) is 12.8 Å². The zero-order valence-electron chi connectivity index (χ0n) is 8.32. The standard InChI is InChI=1S/C8H7F9/c1-2-4(6(9,10)11)3-5(4,7(12,13)14)8(15,16)17/h2-3H2,1H3. The Bertz CT molecular complexity index is 292. The molecule has 0 aliphatic heterocycles. The van der Waals surface area contributed by atoms with Crippen LogP contribution in [0.3, 0.4) is 0 Å². The van der Waals surface area contributed by atoms with Gasteiger partial charge in [0.1, 0.15) is 0 Å². The third-order valence-corrected chi connectivity index (χ3v) is 3.37. The number of halogens is 9. The maximum atomic E-state index is 12.5. The molecule has 0 N–H and O–H groups in total. The maximum absolute atomic E-state index is 12.5. The molecule has 0 aromatic carbocycles. The zero-order chi connectivity index (χ0) is 13.9. The third kappa shape index (κ3) is 1.53. The summed E-state index contributed by atoms with van der Waals surface area (Å²) >= 11 is 0. The van der Waals surface area contributed by atoms with Crippen molar-refractivity contribution in [2.45, 2.75) is 38.3 Å². The molecule has 0 nitrogen and oxygen atoms in total. The van der Waals surface area contributed by atoms with Gasteiger partial charge < -0.3 is 0 Å². The van der Waals surface area contributed by atoms with Crippen LogP contribution in [0.5, 0.6) is 0 Å². The van der Waals surface area contributed by atoms with Crippen molar-refractivity contribution in [3.8, 4) is 0 Å². The van der Waals surface area contributed by atoms with E-state index in [4.69, 9.17) is 0 Å². The molecule has 0 spiro atoms. The van der Waals surface area contributed by atoms with Crippen molar-refractivity contribution in [2.75, 3.05) is 0 Å². The van der Waals surface area contributed by atoms with E-state index in [9.17, 15) is 39.5 Å². The van der Waals surface area contributed by atoms with Crippen molar-refractivity contribution in [1.29, 1.82) is 0 Å². The van der Waals surface area contributed by atoms with Crippen molar-refractivity contribution in [3.05, 3.63) is 0 Å². The Morgan fingerprint density at radius 3 is 1.18 bits per heavy atom. The minimum Gasteiger partial charge on any atom is -0.170 e. The van der Waals surface area contributed by atoms with Crippen molar-refractivity contribution in [3.63, 3.8) is 0 Å². The summed E-state index contributed by atoms with van der Waals surface area (Å²) in [5.74, 6) is 0. The topological polar surface area (TPSA) is 0 Å². The highest BCUT2D eigenvalue weighted by Crippen LogP contribution is 2.82. The molecule has 17 heavy (non-hydrogen) atoms. The molecule has 1 fully saturated rings. The van der Waals surface area contributed by atoms with Crippen LogP contribution in [0.15, 0.2) is 0 Å². The highest BCUT2D eigenvalue weighted by atomic mass is 19.4. The van der Waals surface area contributed by atoms with Gasteiger partial charge in [-0.25, -0.2) is 0 Å². The summed E-state index contributed by atoms with van der Waals surface area (Å²) in [4.78, 5) is 0. The Hall–Kier alpha value is -0.630. The lowest BCUT2D eigenvalue weighted by atomic mass is 9.88. The fraction of sp³-hybridized carbons (Fsp3) is 1.00. The third-order valence-electron chi connectivity index (χ3n) is 3.37. The molecule has 0 amide bonds. The number of hydrogen-bond acceptors (Lipinski definition) is 0. The minimum absolute atomic E-state index is 0.673. The first-order valence-corrected chi connectivity index (χ1v) is 4.47. The van der Waals surface area contributed by atoms with E-state index in [1.807, 2.05) is 0 Å². The van der Waals surface area contributed by atoms with Gasteiger partial charge in [0.15, 0.2) is 5.41 Å². The maximum Gasteiger partial charge on any atom is 0.404 e. The molecule has 1 aliphatic carbocycles. The second-order valence-corrected chi connectivity index (χ2v) is 4.01. The van der Waals surface area contributed by atoms with Gasteiger partial charge in [0, 0.05) is 0 Å². The number of rotatable bonds is 1. The Kier molecular flexibility index (Phi) is 2.74. The fourth-order valence-electron chi connectivity index (χ4n) is 2.28. The largest absolute Gasteiger partial charge is 0.404 e. The number of alkyl halides is 9. The summed E-state index contributed by atoms with van der Waals surface area (Å²) in [5, 5.41) is 0. The molecule has 1 aliphatic rings. The van der Waals surface area contributed by atoms with Gasteiger partial charge in [-0.1, -0.05) is 6.92 Å². The molecule has 0 aromatic rings. The molecule has 0 heterocycles. The van der Waals surface area contributed by atoms with Crippen molar-refractivity contribution in [2.24, 2.45) is 10.8 Å². The van der Waals surface area contributed by atoms with Gasteiger partial charge >= 0.3 is 18.5 Å².